The van der Waals surface area contributed by atoms with Crippen molar-refractivity contribution in [1.29, 1.82) is 0 Å². The van der Waals surface area contributed by atoms with Crippen LogP contribution >= 0.6 is 0 Å². The third kappa shape index (κ3) is 8.90. The van der Waals surface area contributed by atoms with E-state index in [1.165, 1.54) is 6.07 Å². The van der Waals surface area contributed by atoms with Crippen LogP contribution in [0.2, 0.25) is 0 Å². The van der Waals surface area contributed by atoms with Crippen molar-refractivity contribution in [2.24, 2.45) is 5.73 Å². The first-order valence-electron chi connectivity index (χ1n) is 8.73. The van der Waals surface area contributed by atoms with Crippen LogP contribution in [-0.4, -0.2) is 44.2 Å². The van der Waals surface area contributed by atoms with E-state index in [2.05, 4.69) is 10.6 Å². The molecule has 0 aliphatic carbocycles. The Bertz CT molecular complexity index is 880. The third-order valence-corrected chi connectivity index (χ3v) is 4.68. The van der Waals surface area contributed by atoms with Crippen LogP contribution < -0.4 is 16.4 Å². The molecule has 0 heterocycles. The zero-order chi connectivity index (χ0) is 22.4. The van der Waals surface area contributed by atoms with Gasteiger partial charge in [0.25, 0.3) is 0 Å². The van der Waals surface area contributed by atoms with Crippen LogP contribution in [-0.2, 0) is 30.7 Å². The minimum atomic E-state index is -3.71. The van der Waals surface area contributed by atoms with Gasteiger partial charge in [0, 0.05) is 19.2 Å². The fourth-order valence-corrected chi connectivity index (χ4v) is 3.00. The molecule has 0 aromatic heterocycles. The molecule has 1 aromatic rings. The standard InChI is InChI=1S/C18H26FN3O6S/c1-18(2,3)28-17(25)22-13(6-8-15(20)23)16(24)21-10-11-5-7-14(12(19)9-11)29(4,26)27/h5,7,9,13H,6,8,10H2,1-4H3,(H2,20,23)(H,21,24)(H,22,25). The molecule has 0 fully saturated rings. The van der Waals surface area contributed by atoms with Crippen molar-refractivity contribution in [3.05, 3.63) is 29.6 Å². The van der Waals surface area contributed by atoms with Crippen LogP contribution in [0.15, 0.2) is 23.1 Å². The van der Waals surface area contributed by atoms with Gasteiger partial charge in [-0.3, -0.25) is 9.59 Å². The summed E-state index contributed by atoms with van der Waals surface area (Å²) in [6.07, 6.45) is -0.156. The monoisotopic (exact) mass is 431 g/mol. The molecule has 0 saturated carbocycles. The molecule has 1 rings (SSSR count). The van der Waals surface area contributed by atoms with E-state index >= 15 is 0 Å². The molecule has 29 heavy (non-hydrogen) atoms. The first-order chi connectivity index (χ1) is 13.2. The number of primary amides is 1. The van der Waals surface area contributed by atoms with Crippen LogP contribution in [0.5, 0.6) is 0 Å². The number of nitrogens with one attached hydrogen (secondary N) is 2. The Balaban J connectivity index is 2.82. The number of sulfone groups is 1. The Hall–Kier alpha value is -2.69. The Labute approximate surface area is 169 Å². The summed E-state index contributed by atoms with van der Waals surface area (Å²) in [5, 5.41) is 4.87. The number of alkyl carbamates (subject to hydrolysis) is 1. The van der Waals surface area contributed by atoms with E-state index in [4.69, 9.17) is 10.5 Å². The molecule has 4 N–H and O–H groups in total. The van der Waals surface area contributed by atoms with Gasteiger partial charge < -0.3 is 21.1 Å². The van der Waals surface area contributed by atoms with E-state index in [0.29, 0.717) is 5.56 Å². The average Bonchev–Trinajstić information content (AvgIpc) is 2.53. The lowest BCUT2D eigenvalue weighted by atomic mass is 10.1. The minimum Gasteiger partial charge on any atom is -0.444 e. The summed E-state index contributed by atoms with van der Waals surface area (Å²) < 4.78 is 41.9. The fraction of sp³-hybridized carbons (Fsp3) is 0.500. The number of carbonyl (C=O) groups is 3. The smallest absolute Gasteiger partial charge is 0.408 e. The maximum atomic E-state index is 14.0. The van der Waals surface area contributed by atoms with E-state index in [9.17, 15) is 27.2 Å². The maximum absolute atomic E-state index is 14.0. The predicted octanol–water partition coefficient (Wildman–Crippen LogP) is 1.00. The first-order valence-corrected chi connectivity index (χ1v) is 10.6. The molecule has 0 aliphatic rings. The normalized spacial score (nSPS) is 12.7. The summed E-state index contributed by atoms with van der Waals surface area (Å²) in [6.45, 7) is 4.84. The minimum absolute atomic E-state index is 0.0538. The van der Waals surface area contributed by atoms with Gasteiger partial charge in [-0.15, -0.1) is 0 Å². The molecule has 9 nitrogen and oxygen atoms in total. The SMILES string of the molecule is CC(C)(C)OC(=O)NC(CCC(N)=O)C(=O)NCc1ccc(S(C)(=O)=O)c(F)c1. The zero-order valence-electron chi connectivity index (χ0n) is 16.7. The Morgan fingerprint density at radius 1 is 1.24 bits per heavy atom. The Morgan fingerprint density at radius 2 is 1.86 bits per heavy atom. The van der Waals surface area contributed by atoms with Crippen molar-refractivity contribution in [1.82, 2.24) is 10.6 Å². The van der Waals surface area contributed by atoms with Crippen molar-refractivity contribution in [2.45, 2.75) is 56.7 Å². The molecule has 0 spiro atoms. The average molecular weight is 431 g/mol. The first kappa shape index (κ1) is 24.3. The molecule has 1 aromatic carbocycles. The van der Waals surface area contributed by atoms with Gasteiger partial charge in [0.1, 0.15) is 22.4 Å². The molecule has 162 valence electrons. The third-order valence-electron chi connectivity index (χ3n) is 3.55. The summed E-state index contributed by atoms with van der Waals surface area (Å²) in [7, 11) is -3.71. The lowest BCUT2D eigenvalue weighted by Crippen LogP contribution is -2.48. The van der Waals surface area contributed by atoms with Crippen molar-refractivity contribution < 1.29 is 31.9 Å². The molecule has 1 unspecified atom stereocenters. The molecular weight excluding hydrogens is 405 g/mol. The molecule has 0 radical (unpaired) electrons. The summed E-state index contributed by atoms with van der Waals surface area (Å²) in [6, 6.07) is 2.36. The zero-order valence-corrected chi connectivity index (χ0v) is 17.6. The lowest BCUT2D eigenvalue weighted by Gasteiger charge is -2.23. The molecule has 0 bridgehead atoms. The van der Waals surface area contributed by atoms with E-state index < -0.39 is 50.1 Å². The van der Waals surface area contributed by atoms with E-state index in [1.807, 2.05) is 0 Å². The molecule has 0 saturated heterocycles. The molecule has 0 aliphatic heterocycles. The van der Waals surface area contributed by atoms with Crippen LogP contribution in [0.25, 0.3) is 0 Å². The van der Waals surface area contributed by atoms with Gasteiger partial charge in [0.05, 0.1) is 0 Å². The molecule has 3 amide bonds. The van der Waals surface area contributed by atoms with Crippen LogP contribution in [0.3, 0.4) is 0 Å². The molecular formula is C18H26FN3O6S. The van der Waals surface area contributed by atoms with Gasteiger partial charge >= 0.3 is 6.09 Å². The van der Waals surface area contributed by atoms with E-state index in [0.717, 1.165) is 18.4 Å². The lowest BCUT2D eigenvalue weighted by molar-refractivity contribution is -0.124. The quantitative estimate of drug-likeness (QED) is 0.560. The largest absolute Gasteiger partial charge is 0.444 e. The Morgan fingerprint density at radius 3 is 2.34 bits per heavy atom. The number of carbonyl (C=O) groups excluding carboxylic acids is 3. The number of rotatable bonds is 8. The highest BCUT2D eigenvalue weighted by Crippen LogP contribution is 2.16. The topological polar surface area (TPSA) is 145 Å². The van der Waals surface area contributed by atoms with Crippen LogP contribution in [0.1, 0.15) is 39.2 Å². The number of amides is 3. The second-order valence-electron chi connectivity index (χ2n) is 7.46. The number of nitrogens with two attached hydrogens (primary N) is 1. The van der Waals surface area contributed by atoms with Gasteiger partial charge in [-0.25, -0.2) is 17.6 Å². The van der Waals surface area contributed by atoms with Crippen molar-refractivity contribution in [3.8, 4) is 0 Å². The van der Waals surface area contributed by atoms with Gasteiger partial charge in [-0.1, -0.05) is 6.07 Å². The molecule has 1 atom stereocenters. The summed E-state index contributed by atoms with van der Waals surface area (Å²) >= 11 is 0. The van der Waals surface area contributed by atoms with Crippen LogP contribution in [0.4, 0.5) is 9.18 Å². The summed E-state index contributed by atoms with van der Waals surface area (Å²) in [4.78, 5) is 34.9. The second kappa shape index (κ2) is 9.68. The van der Waals surface area contributed by atoms with Gasteiger partial charge in [-0.05, 0) is 44.9 Å². The number of hydrogen-bond donors (Lipinski definition) is 3. The maximum Gasteiger partial charge on any atom is 0.408 e. The van der Waals surface area contributed by atoms with Crippen LogP contribution in [0, 0.1) is 5.82 Å². The van der Waals surface area contributed by atoms with Gasteiger partial charge in [-0.2, -0.15) is 0 Å². The highest BCUT2D eigenvalue weighted by molar-refractivity contribution is 7.90. The van der Waals surface area contributed by atoms with Gasteiger partial charge in [0.15, 0.2) is 9.84 Å². The van der Waals surface area contributed by atoms with Crippen molar-refractivity contribution >= 4 is 27.7 Å². The van der Waals surface area contributed by atoms with E-state index in [-0.39, 0.29) is 19.4 Å². The van der Waals surface area contributed by atoms with Gasteiger partial charge in [0.2, 0.25) is 11.8 Å². The highest BCUT2D eigenvalue weighted by Gasteiger charge is 2.25. The summed E-state index contributed by atoms with van der Waals surface area (Å²) in [5.74, 6) is -2.21. The van der Waals surface area contributed by atoms with E-state index in [1.54, 1.807) is 20.8 Å². The van der Waals surface area contributed by atoms with Crippen molar-refractivity contribution in [2.75, 3.05) is 6.26 Å². The second-order valence-corrected chi connectivity index (χ2v) is 9.44. The summed E-state index contributed by atoms with van der Waals surface area (Å²) in [5.41, 5.74) is 4.63. The molecule has 11 heteroatoms. The highest BCUT2D eigenvalue weighted by atomic mass is 32.2. The van der Waals surface area contributed by atoms with Crippen molar-refractivity contribution in [3.63, 3.8) is 0 Å². The Kier molecular flexibility index (Phi) is 8.13. The fourth-order valence-electron chi connectivity index (χ4n) is 2.27. The number of halogens is 1. The number of hydrogen-bond acceptors (Lipinski definition) is 6. The number of ether oxygens (including phenoxy) is 1. The predicted molar refractivity (Wildman–Crippen MR) is 103 cm³/mol. The number of benzene rings is 1.